The lowest BCUT2D eigenvalue weighted by molar-refractivity contribution is -0.394. The lowest BCUT2D eigenvalue weighted by Gasteiger charge is -2.24. The van der Waals surface area contributed by atoms with E-state index in [1.54, 1.807) is 6.92 Å². The molecule has 0 saturated carbocycles. The van der Waals surface area contributed by atoms with E-state index in [0.717, 1.165) is 12.1 Å². The highest BCUT2D eigenvalue weighted by Crippen LogP contribution is 2.25. The lowest BCUT2D eigenvalue weighted by Crippen LogP contribution is -2.48. The van der Waals surface area contributed by atoms with Crippen LogP contribution in [0.15, 0.2) is 18.2 Å². The van der Waals surface area contributed by atoms with E-state index < -0.39 is 27.0 Å². The number of carboxylic acid groups (broad SMARTS) is 1. The summed E-state index contributed by atoms with van der Waals surface area (Å²) in [5.74, 6) is -1.07. The number of hydrogen-bond acceptors (Lipinski definition) is 6. The molecule has 2 N–H and O–H groups in total. The number of non-ortho nitro benzene ring substituents is 1. The summed E-state index contributed by atoms with van der Waals surface area (Å²) in [4.78, 5) is 31.3. The number of aliphatic carboxylic acids is 1. The lowest BCUT2D eigenvalue weighted by atomic mass is 9.98. The minimum absolute atomic E-state index is 0.0784. The van der Waals surface area contributed by atoms with Crippen LogP contribution in [0.5, 0.6) is 0 Å². The number of nitrogens with zero attached hydrogens (tertiary/aromatic N) is 2. The Hall–Kier alpha value is -2.55. The van der Waals surface area contributed by atoms with Crippen molar-refractivity contribution in [2.45, 2.75) is 32.4 Å². The zero-order valence-corrected chi connectivity index (χ0v) is 11.5. The molecule has 1 aromatic carbocycles. The van der Waals surface area contributed by atoms with E-state index in [-0.39, 0.29) is 24.2 Å². The van der Waals surface area contributed by atoms with Crippen LogP contribution >= 0.6 is 0 Å². The third kappa shape index (κ3) is 3.72. The fourth-order valence-corrected chi connectivity index (χ4v) is 1.63. The molecule has 1 aromatic rings. The highest BCUT2D eigenvalue weighted by Gasteiger charge is 2.31. The predicted octanol–water partition coefficient (Wildman–Crippen LogP) is 1.85. The standard InChI is InChI=1S/C12H15N3O6/c1-3-12(2,11(16)17)13-7-8-4-5-9(14(18)19)6-10(8)15(20)21/h4-6,13H,3,7H2,1-2H3,(H,16,17). The Morgan fingerprint density at radius 1 is 1.33 bits per heavy atom. The van der Waals surface area contributed by atoms with Gasteiger partial charge in [0.2, 0.25) is 0 Å². The van der Waals surface area contributed by atoms with Gasteiger partial charge in [-0.3, -0.25) is 30.3 Å². The summed E-state index contributed by atoms with van der Waals surface area (Å²) in [6, 6.07) is 3.26. The normalized spacial score (nSPS) is 13.4. The molecule has 0 saturated heterocycles. The van der Waals surface area contributed by atoms with Crippen LogP contribution in [0.25, 0.3) is 0 Å². The molecule has 1 rings (SSSR count). The molecule has 0 spiro atoms. The first kappa shape index (κ1) is 16.5. The fourth-order valence-electron chi connectivity index (χ4n) is 1.63. The van der Waals surface area contributed by atoms with E-state index in [1.807, 2.05) is 0 Å². The second kappa shape index (κ2) is 6.27. The molecule has 0 bridgehead atoms. The molecule has 0 aliphatic carbocycles. The van der Waals surface area contributed by atoms with E-state index in [0.29, 0.717) is 0 Å². The average molecular weight is 297 g/mol. The molecule has 0 fully saturated rings. The third-order valence-corrected chi connectivity index (χ3v) is 3.32. The van der Waals surface area contributed by atoms with Crippen molar-refractivity contribution < 1.29 is 19.7 Å². The zero-order chi connectivity index (χ0) is 16.2. The van der Waals surface area contributed by atoms with Crippen molar-refractivity contribution in [3.63, 3.8) is 0 Å². The number of rotatable bonds is 7. The number of hydrogen-bond donors (Lipinski definition) is 2. The van der Waals surface area contributed by atoms with Crippen molar-refractivity contribution in [2.75, 3.05) is 0 Å². The van der Waals surface area contributed by atoms with Gasteiger partial charge < -0.3 is 5.11 Å². The van der Waals surface area contributed by atoms with E-state index in [4.69, 9.17) is 5.11 Å². The summed E-state index contributed by atoms with van der Waals surface area (Å²) in [7, 11) is 0. The summed E-state index contributed by atoms with van der Waals surface area (Å²) >= 11 is 0. The Bertz CT molecular complexity index is 588. The van der Waals surface area contributed by atoms with Gasteiger partial charge in [-0.2, -0.15) is 0 Å². The van der Waals surface area contributed by atoms with Crippen molar-refractivity contribution in [3.05, 3.63) is 44.0 Å². The van der Waals surface area contributed by atoms with Crippen LogP contribution < -0.4 is 5.32 Å². The maximum atomic E-state index is 11.2. The minimum Gasteiger partial charge on any atom is -0.480 e. The van der Waals surface area contributed by atoms with Gasteiger partial charge in [0.05, 0.1) is 15.9 Å². The number of nitro benzene ring substituents is 2. The van der Waals surface area contributed by atoms with Gasteiger partial charge in [-0.25, -0.2) is 0 Å². The zero-order valence-electron chi connectivity index (χ0n) is 11.5. The second-order valence-corrected chi connectivity index (χ2v) is 4.67. The molecule has 0 aliphatic heterocycles. The van der Waals surface area contributed by atoms with Gasteiger partial charge in [0, 0.05) is 18.2 Å². The first-order valence-corrected chi connectivity index (χ1v) is 6.11. The first-order chi connectivity index (χ1) is 9.71. The van der Waals surface area contributed by atoms with Crippen molar-refractivity contribution >= 4 is 17.3 Å². The number of carboxylic acids is 1. The quantitative estimate of drug-likeness (QED) is 0.578. The Balaban J connectivity index is 3.06. The largest absolute Gasteiger partial charge is 0.480 e. The van der Waals surface area contributed by atoms with E-state index in [9.17, 15) is 25.0 Å². The van der Waals surface area contributed by atoms with Crippen LogP contribution in [-0.2, 0) is 11.3 Å². The maximum absolute atomic E-state index is 11.2. The van der Waals surface area contributed by atoms with Gasteiger partial charge in [0.15, 0.2) is 0 Å². The monoisotopic (exact) mass is 297 g/mol. The van der Waals surface area contributed by atoms with E-state index in [1.165, 1.54) is 13.0 Å². The Kier molecular flexibility index (Phi) is 4.93. The third-order valence-electron chi connectivity index (χ3n) is 3.32. The van der Waals surface area contributed by atoms with Gasteiger partial charge >= 0.3 is 5.97 Å². The smallest absolute Gasteiger partial charge is 0.323 e. The van der Waals surface area contributed by atoms with Gasteiger partial charge in [-0.15, -0.1) is 0 Å². The molecule has 0 aliphatic rings. The van der Waals surface area contributed by atoms with Gasteiger partial charge in [-0.05, 0) is 19.4 Å². The maximum Gasteiger partial charge on any atom is 0.323 e. The molecule has 114 valence electrons. The van der Waals surface area contributed by atoms with Crippen LogP contribution in [0.4, 0.5) is 11.4 Å². The Morgan fingerprint density at radius 3 is 2.38 bits per heavy atom. The molecular formula is C12H15N3O6. The van der Waals surface area contributed by atoms with Crippen LogP contribution in [0, 0.1) is 20.2 Å². The van der Waals surface area contributed by atoms with Crippen LogP contribution in [0.2, 0.25) is 0 Å². The van der Waals surface area contributed by atoms with Gasteiger partial charge in [0.1, 0.15) is 5.54 Å². The molecule has 9 nitrogen and oxygen atoms in total. The summed E-state index contributed by atoms with van der Waals surface area (Å²) < 4.78 is 0. The average Bonchev–Trinajstić information content (AvgIpc) is 2.43. The summed E-state index contributed by atoms with van der Waals surface area (Å²) in [6.07, 6.45) is 0.281. The molecule has 1 unspecified atom stereocenters. The minimum atomic E-state index is -1.23. The molecule has 0 heterocycles. The number of carbonyl (C=O) groups is 1. The fraction of sp³-hybridized carbons (Fsp3) is 0.417. The number of nitro groups is 2. The molecule has 21 heavy (non-hydrogen) atoms. The van der Waals surface area contributed by atoms with Crippen molar-refractivity contribution in [3.8, 4) is 0 Å². The van der Waals surface area contributed by atoms with Crippen molar-refractivity contribution in [1.29, 1.82) is 0 Å². The summed E-state index contributed by atoms with van der Waals surface area (Å²) in [6.45, 7) is 3.06. The topological polar surface area (TPSA) is 136 Å². The van der Waals surface area contributed by atoms with Gasteiger partial charge in [0.25, 0.3) is 11.4 Å². The Labute approximate surface area is 119 Å². The predicted molar refractivity (Wildman–Crippen MR) is 72.9 cm³/mol. The van der Waals surface area contributed by atoms with Gasteiger partial charge in [-0.1, -0.05) is 6.92 Å². The molecule has 9 heteroatoms. The molecule has 0 radical (unpaired) electrons. The van der Waals surface area contributed by atoms with E-state index >= 15 is 0 Å². The highest BCUT2D eigenvalue weighted by molar-refractivity contribution is 5.78. The van der Waals surface area contributed by atoms with E-state index in [2.05, 4.69) is 5.32 Å². The Morgan fingerprint density at radius 2 is 1.95 bits per heavy atom. The molecule has 1 atom stereocenters. The molecule has 0 aromatic heterocycles. The number of benzene rings is 1. The molecule has 0 amide bonds. The SMILES string of the molecule is CCC(C)(NCc1ccc([N+](=O)[O-])cc1[N+](=O)[O-])C(=O)O. The van der Waals surface area contributed by atoms with Crippen molar-refractivity contribution in [1.82, 2.24) is 5.32 Å². The van der Waals surface area contributed by atoms with Crippen molar-refractivity contribution in [2.24, 2.45) is 0 Å². The van der Waals surface area contributed by atoms with Crippen LogP contribution in [0.1, 0.15) is 25.8 Å². The summed E-state index contributed by atoms with van der Waals surface area (Å²) in [5.41, 5.74) is -1.84. The first-order valence-electron chi connectivity index (χ1n) is 6.11. The molecular weight excluding hydrogens is 282 g/mol. The van der Waals surface area contributed by atoms with Crippen LogP contribution in [-0.4, -0.2) is 26.5 Å². The number of nitrogens with one attached hydrogen (secondary N) is 1. The second-order valence-electron chi connectivity index (χ2n) is 4.67. The van der Waals surface area contributed by atoms with Crippen LogP contribution in [0.3, 0.4) is 0 Å². The summed E-state index contributed by atoms with van der Waals surface area (Å²) in [5, 5.41) is 33.4. The highest BCUT2D eigenvalue weighted by atomic mass is 16.6.